The minimum Gasteiger partial charge on any atom is -0.437 e. The van der Waals surface area contributed by atoms with Crippen molar-refractivity contribution in [3.8, 4) is 6.07 Å². The Morgan fingerprint density at radius 2 is 2.13 bits per heavy atom. The van der Waals surface area contributed by atoms with E-state index in [1.807, 2.05) is 13.0 Å². The topological polar surface area (TPSA) is 87.2 Å². The first-order chi connectivity index (χ1) is 11.0. The number of rotatable bonds is 2. The van der Waals surface area contributed by atoms with E-state index in [0.29, 0.717) is 22.6 Å². The minimum atomic E-state index is -0.549. The molecule has 116 valence electrons. The average Bonchev–Trinajstić information content (AvgIpc) is 3.01. The van der Waals surface area contributed by atoms with Gasteiger partial charge in [-0.1, -0.05) is 0 Å². The second-order valence-corrected chi connectivity index (χ2v) is 6.31. The van der Waals surface area contributed by atoms with Gasteiger partial charge in [0, 0.05) is 18.2 Å². The highest BCUT2D eigenvalue weighted by Crippen LogP contribution is 2.30. The van der Waals surface area contributed by atoms with Crippen LogP contribution in [0.15, 0.2) is 27.2 Å². The number of hydrogen-bond acceptors (Lipinski definition) is 6. The Balaban J connectivity index is 2.13. The lowest BCUT2D eigenvalue weighted by atomic mass is 9.95. The van der Waals surface area contributed by atoms with Crippen LogP contribution in [-0.2, 0) is 9.59 Å². The lowest BCUT2D eigenvalue weighted by molar-refractivity contribution is -0.140. The Kier molecular flexibility index (Phi) is 3.62. The van der Waals surface area contributed by atoms with E-state index in [1.165, 1.54) is 11.3 Å². The van der Waals surface area contributed by atoms with E-state index in [2.05, 4.69) is 4.98 Å². The third-order valence-electron chi connectivity index (χ3n) is 3.64. The lowest BCUT2D eigenvalue weighted by Crippen LogP contribution is -2.42. The Hall–Kier alpha value is -2.72. The molecule has 0 aromatic carbocycles. The van der Waals surface area contributed by atoms with Crippen molar-refractivity contribution in [1.82, 2.24) is 9.88 Å². The molecule has 0 fully saturated rings. The number of carbonyl (C=O) groups excluding carboxylic acids is 2. The summed E-state index contributed by atoms with van der Waals surface area (Å²) in [5.74, 6) is -0.491. The second kappa shape index (κ2) is 5.48. The van der Waals surface area contributed by atoms with E-state index in [4.69, 9.17) is 4.42 Å². The lowest BCUT2D eigenvalue weighted by Gasteiger charge is -2.25. The van der Waals surface area contributed by atoms with Crippen molar-refractivity contribution in [2.24, 2.45) is 0 Å². The predicted molar refractivity (Wildman–Crippen MR) is 85.3 cm³/mol. The number of fused-ring (bicyclic) bond motifs is 1. The second-order valence-electron chi connectivity index (χ2n) is 5.08. The maximum Gasteiger partial charge on any atom is 0.271 e. The zero-order valence-corrected chi connectivity index (χ0v) is 13.7. The Morgan fingerprint density at radius 1 is 1.39 bits per heavy atom. The molecule has 0 radical (unpaired) electrons. The van der Waals surface area contributed by atoms with E-state index in [1.54, 1.807) is 26.0 Å². The van der Waals surface area contributed by atoms with Crippen LogP contribution in [0.5, 0.6) is 0 Å². The van der Waals surface area contributed by atoms with Crippen LogP contribution in [0.2, 0.25) is 0 Å². The average molecular weight is 327 g/mol. The predicted octanol–water partition coefficient (Wildman–Crippen LogP) is 2.81. The summed E-state index contributed by atoms with van der Waals surface area (Å²) in [6.45, 7) is 5.39. The third kappa shape index (κ3) is 2.37. The van der Waals surface area contributed by atoms with Gasteiger partial charge in [0.05, 0.1) is 9.71 Å². The highest BCUT2D eigenvalue weighted by Gasteiger charge is 2.34. The molecular weight excluding hydrogens is 314 g/mol. The van der Waals surface area contributed by atoms with Crippen LogP contribution < -0.4 is 0 Å². The fourth-order valence-corrected chi connectivity index (χ4v) is 3.29. The standard InChI is InChI=1S/C16H13N3O3S/c1-4-19-15(20)11(8(2)12(7-17)16(19)21)5-10-6-13-14(22-10)18-9(3)23-13/h5-6H,4H2,1-3H3/b11-5-. The Morgan fingerprint density at radius 3 is 2.74 bits per heavy atom. The maximum absolute atomic E-state index is 12.5. The Bertz CT molecular complexity index is 908. The number of likely N-dealkylation sites (N-methyl/N-ethyl adjacent to an activating group) is 1. The van der Waals surface area contributed by atoms with Gasteiger partial charge in [0.15, 0.2) is 0 Å². The summed E-state index contributed by atoms with van der Waals surface area (Å²) in [6.07, 6.45) is 1.56. The molecular formula is C16H13N3O3S. The Labute approximate surface area is 136 Å². The number of imide groups is 1. The van der Waals surface area contributed by atoms with Crippen LogP contribution in [0.25, 0.3) is 16.5 Å². The summed E-state index contributed by atoms with van der Waals surface area (Å²) < 4.78 is 6.51. The molecule has 7 heteroatoms. The van der Waals surface area contributed by atoms with Crippen LogP contribution in [0.3, 0.4) is 0 Å². The molecule has 1 aliphatic rings. The molecule has 0 bridgehead atoms. The zero-order valence-electron chi connectivity index (χ0n) is 12.8. The monoisotopic (exact) mass is 327 g/mol. The molecule has 0 saturated carbocycles. The molecule has 0 unspecified atom stereocenters. The van der Waals surface area contributed by atoms with Gasteiger partial charge in [-0.3, -0.25) is 14.5 Å². The van der Waals surface area contributed by atoms with E-state index in [0.717, 1.165) is 14.6 Å². The first-order valence-corrected chi connectivity index (χ1v) is 7.84. The van der Waals surface area contributed by atoms with Gasteiger partial charge in [0.2, 0.25) is 5.71 Å². The largest absolute Gasteiger partial charge is 0.437 e. The van der Waals surface area contributed by atoms with Crippen molar-refractivity contribution >= 4 is 39.6 Å². The van der Waals surface area contributed by atoms with Crippen LogP contribution in [0.1, 0.15) is 24.6 Å². The number of hydrogen-bond donors (Lipinski definition) is 0. The molecule has 0 N–H and O–H groups in total. The van der Waals surface area contributed by atoms with Gasteiger partial charge < -0.3 is 4.42 Å². The number of nitrogens with zero attached hydrogens (tertiary/aromatic N) is 3. The molecule has 2 aromatic heterocycles. The SMILES string of the molecule is CCN1C(=O)C(C#N)=C(C)/C(=C/c2cc3sc(C)nc3o2)C1=O. The fourth-order valence-electron chi connectivity index (χ4n) is 2.49. The van der Waals surface area contributed by atoms with Crippen LogP contribution in [0.4, 0.5) is 0 Å². The first-order valence-electron chi connectivity index (χ1n) is 7.02. The van der Waals surface area contributed by atoms with Crippen LogP contribution in [-0.4, -0.2) is 28.2 Å². The molecule has 0 saturated heterocycles. The molecule has 6 nitrogen and oxygen atoms in total. The molecule has 23 heavy (non-hydrogen) atoms. The van der Waals surface area contributed by atoms with Gasteiger partial charge >= 0.3 is 0 Å². The highest BCUT2D eigenvalue weighted by atomic mass is 32.1. The van der Waals surface area contributed by atoms with Gasteiger partial charge in [-0.15, -0.1) is 11.3 Å². The van der Waals surface area contributed by atoms with Crippen molar-refractivity contribution < 1.29 is 14.0 Å². The zero-order chi connectivity index (χ0) is 16.7. The molecule has 2 aromatic rings. The van der Waals surface area contributed by atoms with Crippen LogP contribution >= 0.6 is 11.3 Å². The molecule has 0 atom stereocenters. The van der Waals surface area contributed by atoms with Crippen molar-refractivity contribution in [2.75, 3.05) is 6.54 Å². The van der Waals surface area contributed by atoms with Gasteiger partial charge in [-0.05, 0) is 32.4 Å². The number of aryl methyl sites for hydroxylation is 1. The summed E-state index contributed by atoms with van der Waals surface area (Å²) in [5.41, 5.74) is 1.17. The maximum atomic E-state index is 12.5. The van der Waals surface area contributed by atoms with Crippen molar-refractivity contribution in [3.05, 3.63) is 33.6 Å². The van der Waals surface area contributed by atoms with Gasteiger partial charge in [0.1, 0.15) is 17.4 Å². The minimum absolute atomic E-state index is 0.0139. The number of furan rings is 1. The first kappa shape index (κ1) is 15.2. The van der Waals surface area contributed by atoms with Gasteiger partial charge in [-0.2, -0.15) is 5.26 Å². The molecule has 0 aliphatic carbocycles. The normalized spacial score (nSPS) is 17.5. The number of carbonyl (C=O) groups is 2. The highest BCUT2D eigenvalue weighted by molar-refractivity contribution is 7.18. The van der Waals surface area contributed by atoms with E-state index < -0.39 is 11.8 Å². The number of thiazole rings is 1. The summed E-state index contributed by atoms with van der Waals surface area (Å²) in [7, 11) is 0. The third-order valence-corrected chi connectivity index (χ3v) is 4.54. The van der Waals surface area contributed by atoms with Crippen LogP contribution in [0, 0.1) is 18.3 Å². The summed E-state index contributed by atoms with van der Waals surface area (Å²) >= 11 is 1.50. The number of nitriles is 1. The van der Waals surface area contributed by atoms with E-state index in [-0.39, 0.29) is 12.1 Å². The molecule has 2 amide bonds. The summed E-state index contributed by atoms with van der Waals surface area (Å²) in [5, 5.41) is 10.1. The van der Waals surface area contributed by atoms with Gasteiger partial charge in [0.25, 0.3) is 11.8 Å². The number of aromatic nitrogens is 1. The van der Waals surface area contributed by atoms with Crippen molar-refractivity contribution in [1.29, 1.82) is 5.26 Å². The summed E-state index contributed by atoms with van der Waals surface area (Å²) in [6, 6.07) is 3.69. The quantitative estimate of drug-likeness (QED) is 0.625. The van der Waals surface area contributed by atoms with Crippen molar-refractivity contribution in [2.45, 2.75) is 20.8 Å². The summed E-state index contributed by atoms with van der Waals surface area (Å²) in [4.78, 5) is 29.9. The van der Waals surface area contributed by atoms with Crippen molar-refractivity contribution in [3.63, 3.8) is 0 Å². The number of amides is 2. The molecule has 0 spiro atoms. The van der Waals surface area contributed by atoms with E-state index >= 15 is 0 Å². The fraction of sp³-hybridized carbons (Fsp3) is 0.250. The molecule has 1 aliphatic heterocycles. The van der Waals surface area contributed by atoms with Gasteiger partial charge in [-0.25, -0.2) is 4.98 Å². The molecule has 3 rings (SSSR count). The van der Waals surface area contributed by atoms with E-state index in [9.17, 15) is 14.9 Å². The molecule has 3 heterocycles. The smallest absolute Gasteiger partial charge is 0.271 e.